The van der Waals surface area contributed by atoms with Gasteiger partial charge >= 0.3 is 0 Å². The zero-order valence-electron chi connectivity index (χ0n) is 18.7. The highest BCUT2D eigenvalue weighted by molar-refractivity contribution is 6.00. The number of H-pyrrole nitrogens is 2. The molecule has 5 nitrogen and oxygen atoms in total. The lowest BCUT2D eigenvalue weighted by atomic mass is 10.0. The molecule has 2 aromatic heterocycles. The molecule has 0 spiro atoms. The van der Waals surface area contributed by atoms with E-state index in [1.54, 1.807) is 13.0 Å². The van der Waals surface area contributed by atoms with Crippen LogP contribution in [0.25, 0.3) is 22.7 Å². The quantitative estimate of drug-likeness (QED) is 0.523. The molecule has 0 aliphatic rings. The van der Waals surface area contributed by atoms with Crippen molar-refractivity contribution < 1.29 is 14.0 Å². The second-order valence-electron chi connectivity index (χ2n) is 7.89. The van der Waals surface area contributed by atoms with Crippen LogP contribution in [0, 0.1) is 19.7 Å². The number of aromatic amines is 2. The lowest BCUT2D eigenvalue weighted by Crippen LogP contribution is -2.40. The third-order valence-electron chi connectivity index (χ3n) is 5.58. The molecule has 1 unspecified atom stereocenters. The van der Waals surface area contributed by atoms with E-state index in [-0.39, 0.29) is 17.5 Å². The van der Waals surface area contributed by atoms with Crippen molar-refractivity contribution in [3.63, 3.8) is 0 Å². The van der Waals surface area contributed by atoms with Gasteiger partial charge in [-0.2, -0.15) is 0 Å². The number of benzene rings is 1. The van der Waals surface area contributed by atoms with Crippen LogP contribution in [0.4, 0.5) is 4.39 Å². The highest BCUT2D eigenvalue weighted by atomic mass is 19.1. The first kappa shape index (κ1) is 22.8. The molecular formula is C26H26FN3O2. The van der Waals surface area contributed by atoms with Crippen LogP contribution in [-0.4, -0.2) is 27.7 Å². The number of carbonyl (C=O) groups excluding carboxylic acids is 2. The first-order valence-corrected chi connectivity index (χ1v) is 10.2. The number of aryl methyl sites for hydroxylation is 1. The van der Waals surface area contributed by atoms with E-state index < -0.39 is 6.04 Å². The molecule has 0 saturated heterocycles. The maximum absolute atomic E-state index is 13.9. The Labute approximate surface area is 185 Å². The van der Waals surface area contributed by atoms with Crippen molar-refractivity contribution in [2.24, 2.45) is 0 Å². The summed E-state index contributed by atoms with van der Waals surface area (Å²) in [5.74, 6) is -0.827. The Balaban J connectivity index is 2.08. The van der Waals surface area contributed by atoms with Gasteiger partial charge < -0.3 is 15.3 Å². The summed E-state index contributed by atoms with van der Waals surface area (Å²) in [5.41, 5.74) is 9.72. The first-order chi connectivity index (χ1) is 15.2. The standard InChI is InChI=1S/C26H26FN3O2/c1-7-14(3)11-24(17(6)31)30-26(32)25-15(4)23(28-16(25)5)13-20-19-12-18(27)9-10-22(19)29-21(20)8-2/h9-10,12-13,24,28-29H,1-2,11H2,3-6H3,(H,30,32)/b20-13-. The van der Waals surface area contributed by atoms with Crippen LogP contribution in [0.2, 0.25) is 0 Å². The molecule has 6 heteroatoms. The Morgan fingerprint density at radius 3 is 2.56 bits per heavy atom. The van der Waals surface area contributed by atoms with Crippen molar-refractivity contribution in [2.45, 2.75) is 40.2 Å². The Morgan fingerprint density at radius 1 is 1.22 bits per heavy atom. The molecule has 32 heavy (non-hydrogen) atoms. The number of Topliss-reactive ketones (excluding diaryl/α,β-unsaturated/α-hetero) is 1. The molecule has 1 atom stereocenters. The van der Waals surface area contributed by atoms with E-state index in [2.05, 4.69) is 39.9 Å². The minimum Gasteiger partial charge on any atom is -0.358 e. The number of amides is 1. The molecule has 1 aromatic carbocycles. The van der Waals surface area contributed by atoms with Gasteiger partial charge in [-0.15, -0.1) is 11.5 Å². The number of carbonyl (C=O) groups is 2. The van der Waals surface area contributed by atoms with E-state index in [9.17, 15) is 14.0 Å². The summed E-state index contributed by atoms with van der Waals surface area (Å²) in [6, 6.07) is 3.84. The second-order valence-corrected chi connectivity index (χ2v) is 7.89. The van der Waals surface area contributed by atoms with Crippen LogP contribution in [0.3, 0.4) is 0 Å². The number of halogens is 1. The van der Waals surface area contributed by atoms with Crippen molar-refractivity contribution in [3.05, 3.63) is 81.6 Å². The minimum absolute atomic E-state index is 0.141. The first-order valence-electron chi connectivity index (χ1n) is 10.2. The molecule has 0 fully saturated rings. The Morgan fingerprint density at radius 2 is 1.94 bits per heavy atom. The van der Waals surface area contributed by atoms with Gasteiger partial charge in [-0.3, -0.25) is 9.59 Å². The van der Waals surface area contributed by atoms with E-state index in [4.69, 9.17) is 0 Å². The number of hydrogen-bond donors (Lipinski definition) is 3. The summed E-state index contributed by atoms with van der Waals surface area (Å²) in [6.07, 6.45) is 2.20. The average molecular weight is 432 g/mol. The molecule has 164 valence electrons. The van der Waals surface area contributed by atoms with Gasteiger partial charge in [0.05, 0.1) is 17.0 Å². The lowest BCUT2D eigenvalue weighted by Gasteiger charge is -2.16. The Bertz CT molecular complexity index is 1430. The number of fused-ring (bicyclic) bond motifs is 1. The zero-order valence-corrected chi connectivity index (χ0v) is 18.7. The highest BCUT2D eigenvalue weighted by Crippen LogP contribution is 2.19. The van der Waals surface area contributed by atoms with Crippen LogP contribution in [0.5, 0.6) is 0 Å². The molecule has 1 amide bonds. The van der Waals surface area contributed by atoms with Crippen molar-refractivity contribution in [2.75, 3.05) is 0 Å². The minimum atomic E-state index is -0.656. The van der Waals surface area contributed by atoms with Crippen molar-refractivity contribution >= 4 is 34.4 Å². The Hall–Kier alpha value is -3.85. The molecule has 3 N–H and O–H groups in total. The van der Waals surface area contributed by atoms with Gasteiger partial charge in [0, 0.05) is 33.9 Å². The van der Waals surface area contributed by atoms with Crippen LogP contribution in [-0.2, 0) is 4.79 Å². The summed E-state index contributed by atoms with van der Waals surface area (Å²) in [5, 5.41) is 4.87. The van der Waals surface area contributed by atoms with Gasteiger partial charge in [-0.25, -0.2) is 4.39 Å². The van der Waals surface area contributed by atoms with Crippen molar-refractivity contribution in [1.29, 1.82) is 0 Å². The smallest absolute Gasteiger partial charge is 0.253 e. The third-order valence-corrected chi connectivity index (χ3v) is 5.58. The van der Waals surface area contributed by atoms with Gasteiger partial charge in [-0.05, 0) is 63.1 Å². The van der Waals surface area contributed by atoms with Gasteiger partial charge in [0.1, 0.15) is 5.82 Å². The fraction of sp³-hybridized carbons (Fsp3) is 0.231. The van der Waals surface area contributed by atoms with Gasteiger partial charge in [0.2, 0.25) is 0 Å². The number of rotatable bonds is 6. The molecule has 0 aliphatic heterocycles. The molecule has 0 saturated carbocycles. The van der Waals surface area contributed by atoms with Gasteiger partial charge in [0.15, 0.2) is 5.78 Å². The normalized spacial score (nSPS) is 12.3. The zero-order chi connectivity index (χ0) is 23.6. The molecule has 0 aliphatic carbocycles. The van der Waals surface area contributed by atoms with Crippen LogP contribution >= 0.6 is 0 Å². The fourth-order valence-corrected chi connectivity index (χ4v) is 3.78. The fourth-order valence-electron chi connectivity index (χ4n) is 3.78. The predicted molar refractivity (Wildman–Crippen MR) is 125 cm³/mol. The molecule has 0 radical (unpaired) electrons. The maximum Gasteiger partial charge on any atom is 0.253 e. The molecular weight excluding hydrogens is 405 g/mol. The largest absolute Gasteiger partial charge is 0.358 e. The monoisotopic (exact) mass is 431 g/mol. The van der Waals surface area contributed by atoms with Crippen LogP contribution < -0.4 is 15.9 Å². The number of nitrogens with one attached hydrogen (secondary N) is 3. The van der Waals surface area contributed by atoms with Gasteiger partial charge in [0.25, 0.3) is 5.91 Å². The van der Waals surface area contributed by atoms with E-state index in [0.29, 0.717) is 34.1 Å². The second kappa shape index (κ2) is 9.11. The lowest BCUT2D eigenvalue weighted by molar-refractivity contribution is -0.118. The van der Waals surface area contributed by atoms with Crippen molar-refractivity contribution in [3.8, 4) is 0 Å². The van der Waals surface area contributed by atoms with Crippen LogP contribution in [0.1, 0.15) is 47.6 Å². The summed E-state index contributed by atoms with van der Waals surface area (Å²) >= 11 is 0. The number of aromatic nitrogens is 2. The van der Waals surface area contributed by atoms with E-state index in [1.807, 2.05) is 19.9 Å². The predicted octanol–water partition coefficient (Wildman–Crippen LogP) is 3.45. The average Bonchev–Trinajstić information content (AvgIpc) is 3.23. The summed E-state index contributed by atoms with van der Waals surface area (Å²) in [7, 11) is 0. The van der Waals surface area contributed by atoms with Crippen LogP contribution in [0.15, 0.2) is 42.7 Å². The molecule has 3 aromatic rings. The molecule has 2 heterocycles. The summed E-state index contributed by atoms with van der Waals surface area (Å²) < 4.78 is 13.9. The maximum atomic E-state index is 13.9. The highest BCUT2D eigenvalue weighted by Gasteiger charge is 2.23. The van der Waals surface area contributed by atoms with Crippen molar-refractivity contribution in [1.82, 2.24) is 15.3 Å². The third kappa shape index (κ3) is 4.42. The topological polar surface area (TPSA) is 77.8 Å². The number of hydrogen-bond acceptors (Lipinski definition) is 2. The van der Waals surface area contributed by atoms with E-state index in [0.717, 1.165) is 21.9 Å². The van der Waals surface area contributed by atoms with E-state index >= 15 is 0 Å². The summed E-state index contributed by atoms with van der Waals surface area (Å²) in [6.45, 7) is 14.2. The molecule has 0 bridgehead atoms. The SMILES string of the molecule is C=C=C(C)CC(NC(=O)c1c(C)[nH]c(/C=c2\c(=C=C)[nH]c3ccc(F)cc23)c1C)C(C)=O. The van der Waals surface area contributed by atoms with Gasteiger partial charge in [-0.1, -0.05) is 13.2 Å². The number of ketones is 1. The van der Waals surface area contributed by atoms with E-state index in [1.165, 1.54) is 19.1 Å². The summed E-state index contributed by atoms with van der Waals surface area (Å²) in [4.78, 5) is 31.5. The molecule has 3 rings (SSSR count). The Kier molecular flexibility index (Phi) is 6.50.